The van der Waals surface area contributed by atoms with Crippen molar-refractivity contribution in [2.24, 2.45) is 0 Å². The second kappa shape index (κ2) is 7.49. The maximum absolute atomic E-state index is 11.7. The van der Waals surface area contributed by atoms with Gasteiger partial charge in [0, 0.05) is 19.1 Å². The van der Waals surface area contributed by atoms with Crippen LogP contribution in [-0.2, 0) is 14.3 Å². The maximum atomic E-state index is 11.7. The highest BCUT2D eigenvalue weighted by atomic mass is 16.6. The molecule has 1 amide bonds. The fourth-order valence-electron chi connectivity index (χ4n) is 2.94. The summed E-state index contributed by atoms with van der Waals surface area (Å²) in [5, 5.41) is 11.6. The normalized spacial score (nSPS) is 26.4. The van der Waals surface area contributed by atoms with Crippen LogP contribution in [0.2, 0.25) is 0 Å². The molecule has 1 saturated heterocycles. The Kier molecular flexibility index (Phi) is 5.86. The van der Waals surface area contributed by atoms with E-state index in [1.54, 1.807) is 0 Å². The average molecular weight is 328 g/mol. The summed E-state index contributed by atoms with van der Waals surface area (Å²) in [6.07, 6.45) is 3.38. The molecule has 7 nitrogen and oxygen atoms in total. The highest BCUT2D eigenvalue weighted by Crippen LogP contribution is 2.27. The fourth-order valence-corrected chi connectivity index (χ4v) is 2.94. The van der Waals surface area contributed by atoms with Gasteiger partial charge in [-0.25, -0.2) is 4.79 Å². The monoisotopic (exact) mass is 328 g/mol. The molecule has 0 aromatic heterocycles. The van der Waals surface area contributed by atoms with Gasteiger partial charge in [0.15, 0.2) is 0 Å². The lowest BCUT2D eigenvalue weighted by molar-refractivity contribution is -0.139. The average Bonchev–Trinajstić information content (AvgIpc) is 2.35. The maximum Gasteiger partial charge on any atom is 0.407 e. The number of ether oxygens (including phenoxy) is 2. The van der Waals surface area contributed by atoms with E-state index < -0.39 is 11.6 Å². The standard InChI is InChI=1S/C16H28N2O5/c1-16(2,3)23-15(21)17-11-8-13(9-11)22-12-4-6-18(7-5-12)10-14(19)20/h11-13H,4-10H2,1-3H3,(H,17,21)(H,19,20)/t11-,13+. The molecule has 2 rings (SSSR count). The van der Waals surface area contributed by atoms with Crippen LogP contribution in [0.1, 0.15) is 46.5 Å². The molecule has 2 fully saturated rings. The molecule has 0 unspecified atom stereocenters. The van der Waals surface area contributed by atoms with Crippen molar-refractivity contribution < 1.29 is 24.2 Å². The molecule has 2 aliphatic rings. The van der Waals surface area contributed by atoms with Gasteiger partial charge in [0.05, 0.1) is 18.8 Å². The zero-order chi connectivity index (χ0) is 17.0. The smallest absolute Gasteiger partial charge is 0.407 e. The Balaban J connectivity index is 1.58. The van der Waals surface area contributed by atoms with E-state index in [0.717, 1.165) is 38.8 Å². The highest BCUT2D eigenvalue weighted by Gasteiger charge is 2.34. The summed E-state index contributed by atoms with van der Waals surface area (Å²) < 4.78 is 11.3. The van der Waals surface area contributed by atoms with Gasteiger partial charge in [0.2, 0.25) is 0 Å². The van der Waals surface area contributed by atoms with Crippen molar-refractivity contribution in [2.75, 3.05) is 19.6 Å². The molecule has 0 radical (unpaired) electrons. The predicted molar refractivity (Wildman–Crippen MR) is 84.4 cm³/mol. The second-order valence-corrected chi connectivity index (χ2v) is 7.44. The van der Waals surface area contributed by atoms with Crippen LogP contribution in [0.3, 0.4) is 0 Å². The zero-order valence-electron chi connectivity index (χ0n) is 14.2. The third-order valence-corrected chi connectivity index (χ3v) is 4.09. The third kappa shape index (κ3) is 6.35. The minimum atomic E-state index is -0.778. The summed E-state index contributed by atoms with van der Waals surface area (Å²) in [5.74, 6) is -0.778. The molecule has 1 saturated carbocycles. The number of hydrogen-bond donors (Lipinski definition) is 2. The van der Waals surface area contributed by atoms with Crippen molar-refractivity contribution in [3.05, 3.63) is 0 Å². The number of nitrogens with one attached hydrogen (secondary N) is 1. The molecule has 1 aliphatic carbocycles. The van der Waals surface area contributed by atoms with Crippen LogP contribution in [-0.4, -0.2) is 65.6 Å². The summed E-state index contributed by atoms with van der Waals surface area (Å²) in [6, 6.07) is 0.127. The number of alkyl carbamates (subject to hydrolysis) is 1. The number of aliphatic carboxylic acids is 1. The summed E-state index contributed by atoms with van der Waals surface area (Å²) >= 11 is 0. The quantitative estimate of drug-likeness (QED) is 0.797. The summed E-state index contributed by atoms with van der Waals surface area (Å²) in [4.78, 5) is 24.3. The first-order valence-corrected chi connectivity index (χ1v) is 8.30. The van der Waals surface area contributed by atoms with Gasteiger partial charge in [-0.05, 0) is 46.5 Å². The van der Waals surface area contributed by atoms with E-state index in [1.165, 1.54) is 0 Å². The van der Waals surface area contributed by atoms with Crippen molar-refractivity contribution in [2.45, 2.75) is 70.3 Å². The molecule has 0 bridgehead atoms. The Labute approximate surface area is 137 Å². The van der Waals surface area contributed by atoms with E-state index in [2.05, 4.69) is 5.32 Å². The molecule has 7 heteroatoms. The number of rotatable bonds is 5. The van der Waals surface area contributed by atoms with Gasteiger partial charge in [-0.2, -0.15) is 0 Å². The van der Waals surface area contributed by atoms with Gasteiger partial charge in [-0.3, -0.25) is 9.69 Å². The lowest BCUT2D eigenvalue weighted by Gasteiger charge is -2.40. The van der Waals surface area contributed by atoms with Crippen LogP contribution in [0, 0.1) is 0 Å². The Morgan fingerprint density at radius 1 is 1.17 bits per heavy atom. The lowest BCUT2D eigenvalue weighted by atomic mass is 9.89. The molecule has 1 aliphatic heterocycles. The topological polar surface area (TPSA) is 88.1 Å². The molecule has 1 heterocycles. The van der Waals surface area contributed by atoms with Crippen LogP contribution in [0.4, 0.5) is 4.79 Å². The van der Waals surface area contributed by atoms with E-state index in [1.807, 2.05) is 25.7 Å². The van der Waals surface area contributed by atoms with Crippen LogP contribution in [0.5, 0.6) is 0 Å². The van der Waals surface area contributed by atoms with E-state index in [9.17, 15) is 9.59 Å². The fraction of sp³-hybridized carbons (Fsp3) is 0.875. The van der Waals surface area contributed by atoms with E-state index >= 15 is 0 Å². The Hall–Kier alpha value is -1.34. The van der Waals surface area contributed by atoms with Gasteiger partial charge >= 0.3 is 12.1 Å². The summed E-state index contributed by atoms with van der Waals surface area (Å²) in [6.45, 7) is 7.17. The van der Waals surface area contributed by atoms with Crippen LogP contribution >= 0.6 is 0 Å². The Morgan fingerprint density at radius 2 is 1.78 bits per heavy atom. The number of carboxylic acids is 1. The number of amides is 1. The number of nitrogens with zero attached hydrogens (tertiary/aromatic N) is 1. The number of piperidine rings is 1. The van der Waals surface area contributed by atoms with Gasteiger partial charge in [-0.15, -0.1) is 0 Å². The Bertz CT molecular complexity index is 421. The van der Waals surface area contributed by atoms with Gasteiger partial charge < -0.3 is 19.9 Å². The van der Waals surface area contributed by atoms with Crippen LogP contribution in [0.15, 0.2) is 0 Å². The largest absolute Gasteiger partial charge is 0.480 e. The first-order valence-electron chi connectivity index (χ1n) is 8.30. The zero-order valence-corrected chi connectivity index (χ0v) is 14.2. The third-order valence-electron chi connectivity index (χ3n) is 4.09. The minimum absolute atomic E-state index is 0.109. The molecule has 0 atom stereocenters. The molecule has 23 heavy (non-hydrogen) atoms. The minimum Gasteiger partial charge on any atom is -0.480 e. The molecule has 0 aromatic carbocycles. The SMILES string of the molecule is CC(C)(C)OC(=O)N[C@H]1C[C@@H](OC2CCN(CC(=O)O)CC2)C1. The molecule has 0 aromatic rings. The number of carbonyl (C=O) groups excluding carboxylic acids is 1. The molecule has 2 N–H and O–H groups in total. The van der Waals surface area contributed by atoms with Crippen molar-refractivity contribution in [3.63, 3.8) is 0 Å². The van der Waals surface area contributed by atoms with Crippen molar-refractivity contribution in [1.29, 1.82) is 0 Å². The molecule has 0 spiro atoms. The molecular formula is C16H28N2O5. The van der Waals surface area contributed by atoms with Crippen molar-refractivity contribution in [3.8, 4) is 0 Å². The van der Waals surface area contributed by atoms with Gasteiger partial charge in [0.1, 0.15) is 5.60 Å². The first-order chi connectivity index (χ1) is 10.7. The van der Waals surface area contributed by atoms with Gasteiger partial charge in [-0.1, -0.05) is 0 Å². The molecule has 132 valence electrons. The van der Waals surface area contributed by atoms with Crippen molar-refractivity contribution >= 4 is 12.1 Å². The Morgan fingerprint density at radius 3 is 2.30 bits per heavy atom. The molecular weight excluding hydrogens is 300 g/mol. The summed E-state index contributed by atoms with van der Waals surface area (Å²) in [5.41, 5.74) is -0.479. The van der Waals surface area contributed by atoms with Crippen molar-refractivity contribution in [1.82, 2.24) is 10.2 Å². The number of carboxylic acid groups (broad SMARTS) is 1. The number of carbonyl (C=O) groups is 2. The van der Waals surface area contributed by atoms with Crippen LogP contribution in [0.25, 0.3) is 0 Å². The lowest BCUT2D eigenvalue weighted by Crippen LogP contribution is -2.50. The summed E-state index contributed by atoms with van der Waals surface area (Å²) in [7, 11) is 0. The predicted octanol–water partition coefficient (Wildman–Crippen LogP) is 1.61. The van der Waals surface area contributed by atoms with Gasteiger partial charge in [0.25, 0.3) is 0 Å². The highest BCUT2D eigenvalue weighted by molar-refractivity contribution is 5.69. The van der Waals surface area contributed by atoms with E-state index in [0.29, 0.717) is 0 Å². The number of likely N-dealkylation sites (tertiary alicyclic amines) is 1. The first kappa shape index (κ1) is 18.0. The van der Waals surface area contributed by atoms with E-state index in [-0.39, 0.29) is 30.9 Å². The number of hydrogen-bond acceptors (Lipinski definition) is 5. The van der Waals surface area contributed by atoms with E-state index in [4.69, 9.17) is 14.6 Å². The second-order valence-electron chi connectivity index (χ2n) is 7.44. The van der Waals surface area contributed by atoms with Crippen LogP contribution < -0.4 is 5.32 Å².